The van der Waals surface area contributed by atoms with Crippen LogP contribution in [0.3, 0.4) is 0 Å². The molecule has 29 heavy (non-hydrogen) atoms. The number of nitrogens with one attached hydrogen (secondary N) is 1. The molecule has 0 saturated heterocycles. The van der Waals surface area contributed by atoms with Crippen LogP contribution in [0.15, 0.2) is 90.4 Å². The molecule has 0 atom stereocenters. The highest BCUT2D eigenvalue weighted by Gasteiger charge is 2.07. The summed E-state index contributed by atoms with van der Waals surface area (Å²) in [5.74, 6) is 2.01. The first-order chi connectivity index (χ1) is 14.3. The van der Waals surface area contributed by atoms with E-state index in [0.29, 0.717) is 28.8 Å². The largest absolute Gasteiger partial charge is 0.457 e. The van der Waals surface area contributed by atoms with Crippen LogP contribution in [0.1, 0.15) is 15.9 Å². The summed E-state index contributed by atoms with van der Waals surface area (Å²) in [4.78, 5) is 16.5. The van der Waals surface area contributed by atoms with Gasteiger partial charge < -0.3 is 14.8 Å². The third-order valence-electron chi connectivity index (χ3n) is 4.09. The number of amides is 1. The van der Waals surface area contributed by atoms with E-state index in [9.17, 15) is 4.79 Å². The van der Waals surface area contributed by atoms with Gasteiger partial charge in [-0.1, -0.05) is 41.7 Å². The smallest absolute Gasteiger partial charge is 0.278 e. The van der Waals surface area contributed by atoms with E-state index in [1.165, 1.54) is 11.3 Å². The van der Waals surface area contributed by atoms with Gasteiger partial charge in [-0.25, -0.2) is 4.98 Å². The Hall–Kier alpha value is -3.64. The number of benzene rings is 3. The monoisotopic (exact) mass is 402 g/mol. The van der Waals surface area contributed by atoms with Crippen LogP contribution in [0.2, 0.25) is 0 Å². The van der Waals surface area contributed by atoms with Crippen LogP contribution in [0.5, 0.6) is 22.4 Å². The highest BCUT2D eigenvalue weighted by molar-refractivity contribution is 7.11. The van der Waals surface area contributed by atoms with Gasteiger partial charge in [0.25, 0.3) is 11.1 Å². The molecular formula is C23H18N2O3S. The number of carbonyl (C=O) groups is 1. The summed E-state index contributed by atoms with van der Waals surface area (Å²) in [6.07, 6.45) is 1.70. The van der Waals surface area contributed by atoms with Crippen molar-refractivity contribution in [3.63, 3.8) is 0 Å². The molecule has 0 unspecified atom stereocenters. The minimum absolute atomic E-state index is 0.139. The van der Waals surface area contributed by atoms with Gasteiger partial charge in [0.1, 0.15) is 17.2 Å². The predicted molar refractivity (Wildman–Crippen MR) is 113 cm³/mol. The lowest BCUT2D eigenvalue weighted by atomic mass is 10.2. The van der Waals surface area contributed by atoms with Crippen molar-refractivity contribution in [3.8, 4) is 22.4 Å². The summed E-state index contributed by atoms with van der Waals surface area (Å²) in [5.41, 5.74) is 1.56. The van der Waals surface area contributed by atoms with Crippen LogP contribution in [-0.2, 0) is 6.54 Å². The van der Waals surface area contributed by atoms with Crippen molar-refractivity contribution in [2.24, 2.45) is 0 Å². The van der Waals surface area contributed by atoms with E-state index >= 15 is 0 Å². The van der Waals surface area contributed by atoms with Gasteiger partial charge in [-0.15, -0.1) is 0 Å². The maximum atomic E-state index is 12.4. The molecule has 0 saturated carbocycles. The molecule has 4 aromatic rings. The third kappa shape index (κ3) is 5.21. The van der Waals surface area contributed by atoms with Crippen molar-refractivity contribution >= 4 is 17.2 Å². The molecule has 144 valence electrons. The third-order valence-corrected chi connectivity index (χ3v) is 4.73. The molecule has 0 spiro atoms. The Labute approximate surface area is 172 Å². The summed E-state index contributed by atoms with van der Waals surface area (Å²) >= 11 is 1.44. The van der Waals surface area contributed by atoms with Crippen molar-refractivity contribution in [2.45, 2.75) is 6.54 Å². The number of rotatable bonds is 7. The normalized spacial score (nSPS) is 10.3. The van der Waals surface area contributed by atoms with Gasteiger partial charge in [0.2, 0.25) is 0 Å². The van der Waals surface area contributed by atoms with Crippen LogP contribution in [0, 0.1) is 0 Å². The maximum absolute atomic E-state index is 12.4. The molecule has 1 heterocycles. The number of aromatic nitrogens is 1. The molecule has 0 bridgehead atoms. The molecule has 1 N–H and O–H groups in total. The summed E-state index contributed by atoms with van der Waals surface area (Å²) < 4.78 is 11.4. The molecule has 0 aliphatic heterocycles. The molecule has 1 aromatic heterocycles. The predicted octanol–water partition coefficient (Wildman–Crippen LogP) is 5.66. The molecule has 1 amide bonds. The topological polar surface area (TPSA) is 60.5 Å². The van der Waals surface area contributed by atoms with Crippen LogP contribution < -0.4 is 14.8 Å². The van der Waals surface area contributed by atoms with Gasteiger partial charge >= 0.3 is 0 Å². The number of nitrogens with zero attached hydrogens (tertiary/aromatic N) is 1. The van der Waals surface area contributed by atoms with E-state index < -0.39 is 0 Å². The van der Waals surface area contributed by atoms with Crippen molar-refractivity contribution in [2.75, 3.05) is 0 Å². The van der Waals surface area contributed by atoms with Gasteiger partial charge in [0, 0.05) is 23.7 Å². The average Bonchev–Trinajstić information content (AvgIpc) is 3.27. The first kappa shape index (κ1) is 18.7. The van der Waals surface area contributed by atoms with Crippen molar-refractivity contribution < 1.29 is 14.3 Å². The van der Waals surface area contributed by atoms with E-state index in [0.717, 1.165) is 11.3 Å². The second kappa shape index (κ2) is 9.03. The minimum Gasteiger partial charge on any atom is -0.457 e. The van der Waals surface area contributed by atoms with Gasteiger partial charge in [0.15, 0.2) is 0 Å². The van der Waals surface area contributed by atoms with Gasteiger partial charge in [-0.05, 0) is 54.1 Å². The number of ether oxygens (including phenoxy) is 2. The Morgan fingerprint density at radius 2 is 1.48 bits per heavy atom. The molecule has 0 fully saturated rings. The average molecular weight is 402 g/mol. The van der Waals surface area contributed by atoms with Crippen LogP contribution >= 0.6 is 11.3 Å². The van der Waals surface area contributed by atoms with Crippen molar-refractivity contribution in [1.29, 1.82) is 0 Å². The maximum Gasteiger partial charge on any atom is 0.278 e. The fourth-order valence-corrected chi connectivity index (χ4v) is 3.12. The summed E-state index contributed by atoms with van der Waals surface area (Å²) in [6, 6.07) is 24.1. The summed E-state index contributed by atoms with van der Waals surface area (Å²) in [6.45, 7) is 0.429. The molecule has 6 heteroatoms. The van der Waals surface area contributed by atoms with E-state index in [1.807, 2.05) is 60.0 Å². The first-order valence-corrected chi connectivity index (χ1v) is 9.92. The van der Waals surface area contributed by atoms with Crippen molar-refractivity contribution in [3.05, 3.63) is 102 Å². The number of hydrogen-bond acceptors (Lipinski definition) is 5. The quantitative estimate of drug-likeness (QED) is 0.433. The highest BCUT2D eigenvalue weighted by Crippen LogP contribution is 2.23. The second-order valence-corrected chi connectivity index (χ2v) is 7.02. The molecular weight excluding hydrogens is 384 g/mol. The molecule has 5 nitrogen and oxygen atoms in total. The second-order valence-electron chi connectivity index (χ2n) is 6.17. The standard InChI is InChI=1S/C23H18N2O3S/c26-22(18-8-12-20(13-9-18)27-19-4-2-1-3-5-19)25-16-17-6-10-21(11-7-17)28-23-24-14-15-29-23/h1-15H,16H2,(H,25,26). The van der Waals surface area contributed by atoms with Crippen LogP contribution in [0.25, 0.3) is 0 Å². The molecule has 4 rings (SSSR count). The van der Waals surface area contributed by atoms with Crippen molar-refractivity contribution in [1.82, 2.24) is 10.3 Å². The zero-order valence-electron chi connectivity index (χ0n) is 15.4. The zero-order valence-corrected chi connectivity index (χ0v) is 16.3. The lowest BCUT2D eigenvalue weighted by molar-refractivity contribution is 0.0951. The highest BCUT2D eigenvalue weighted by atomic mass is 32.1. The Bertz CT molecular complexity index is 1050. The SMILES string of the molecule is O=C(NCc1ccc(Oc2nccs2)cc1)c1ccc(Oc2ccccc2)cc1. The van der Waals surface area contributed by atoms with E-state index in [-0.39, 0.29) is 5.91 Å². The number of thiazole rings is 1. The van der Waals surface area contributed by atoms with Gasteiger partial charge in [0.05, 0.1) is 0 Å². The minimum atomic E-state index is -0.139. The van der Waals surface area contributed by atoms with Gasteiger partial charge in [-0.3, -0.25) is 4.79 Å². The number of hydrogen-bond donors (Lipinski definition) is 1. The van der Waals surface area contributed by atoms with Gasteiger partial charge in [-0.2, -0.15) is 0 Å². The van der Waals surface area contributed by atoms with E-state index in [2.05, 4.69) is 10.3 Å². The molecule has 0 aliphatic carbocycles. The fraction of sp³-hybridized carbons (Fsp3) is 0.0435. The van der Waals surface area contributed by atoms with E-state index in [1.54, 1.807) is 30.5 Å². The Morgan fingerprint density at radius 3 is 2.17 bits per heavy atom. The molecule has 3 aromatic carbocycles. The summed E-state index contributed by atoms with van der Waals surface area (Å²) in [7, 11) is 0. The number of carbonyl (C=O) groups excluding carboxylic acids is 1. The molecule has 0 radical (unpaired) electrons. The number of para-hydroxylation sites is 1. The zero-order chi connectivity index (χ0) is 19.9. The first-order valence-electron chi connectivity index (χ1n) is 9.04. The Kier molecular flexibility index (Phi) is 5.83. The Morgan fingerprint density at radius 1 is 0.828 bits per heavy atom. The fourth-order valence-electron chi connectivity index (χ4n) is 2.62. The lowest BCUT2D eigenvalue weighted by Gasteiger charge is -2.08. The van der Waals surface area contributed by atoms with E-state index in [4.69, 9.17) is 9.47 Å². The molecule has 0 aliphatic rings. The van der Waals surface area contributed by atoms with Crippen LogP contribution in [-0.4, -0.2) is 10.9 Å². The lowest BCUT2D eigenvalue weighted by Crippen LogP contribution is -2.22. The summed E-state index contributed by atoms with van der Waals surface area (Å²) in [5, 5.41) is 5.38. The Balaban J connectivity index is 1.30. The van der Waals surface area contributed by atoms with Crippen LogP contribution in [0.4, 0.5) is 0 Å².